The molecule has 1 atom stereocenters. The molecule has 0 saturated carbocycles. The zero-order valence-corrected chi connectivity index (χ0v) is 16.4. The Kier molecular flexibility index (Phi) is 5.43. The van der Waals surface area contributed by atoms with Crippen molar-refractivity contribution in [2.24, 2.45) is 0 Å². The predicted octanol–water partition coefficient (Wildman–Crippen LogP) is 1.41. The summed E-state index contributed by atoms with van der Waals surface area (Å²) in [5.74, 6) is 0.135. The number of nitriles is 1. The van der Waals surface area contributed by atoms with Crippen LogP contribution in [0.1, 0.15) is 36.8 Å². The van der Waals surface area contributed by atoms with E-state index >= 15 is 0 Å². The lowest BCUT2D eigenvalue weighted by atomic mass is 10.1. The van der Waals surface area contributed by atoms with Gasteiger partial charge in [0.1, 0.15) is 17.1 Å². The summed E-state index contributed by atoms with van der Waals surface area (Å²) in [5, 5.41) is 13.4. The Morgan fingerprint density at radius 2 is 2.07 bits per heavy atom. The molecule has 1 aliphatic heterocycles. The highest BCUT2D eigenvalue weighted by Gasteiger charge is 2.35. The fourth-order valence-corrected chi connectivity index (χ4v) is 5.24. The van der Waals surface area contributed by atoms with Crippen LogP contribution < -0.4 is 4.74 Å². The molecular weight excluding hydrogens is 368 g/mol. The van der Waals surface area contributed by atoms with E-state index < -0.39 is 10.0 Å². The zero-order chi connectivity index (χ0) is 19.6. The van der Waals surface area contributed by atoms with Crippen LogP contribution in [0.2, 0.25) is 0 Å². The molecule has 0 spiro atoms. The maximum atomic E-state index is 13.2. The number of aryl methyl sites for hydroxylation is 2. The third-order valence-corrected chi connectivity index (χ3v) is 6.72. The minimum absolute atomic E-state index is 0.0911. The van der Waals surface area contributed by atoms with Crippen LogP contribution >= 0.6 is 0 Å². The van der Waals surface area contributed by atoms with Gasteiger partial charge in [-0.2, -0.15) is 14.7 Å². The molecule has 2 aromatic rings. The molecule has 0 bridgehead atoms. The van der Waals surface area contributed by atoms with Crippen molar-refractivity contribution >= 4 is 10.0 Å². The van der Waals surface area contributed by atoms with Crippen LogP contribution in [0.15, 0.2) is 17.3 Å². The standard InChI is InChI=1S/C17H22N6O3S/c1-4-23-13(3)16(12(2)21-23)27(24,25)22-9-5-6-14(11-22)26-17-15(10-18)19-7-8-20-17/h7-8,14H,4-6,9,11H2,1-3H3/t14-/m1/s1. The van der Waals surface area contributed by atoms with Crippen molar-refractivity contribution in [1.82, 2.24) is 24.1 Å². The molecule has 0 amide bonds. The van der Waals surface area contributed by atoms with E-state index in [1.54, 1.807) is 18.5 Å². The zero-order valence-electron chi connectivity index (χ0n) is 15.6. The van der Waals surface area contributed by atoms with Gasteiger partial charge in [0, 0.05) is 25.5 Å². The Morgan fingerprint density at radius 1 is 1.33 bits per heavy atom. The van der Waals surface area contributed by atoms with E-state index in [-0.39, 0.29) is 29.1 Å². The molecule has 2 aromatic heterocycles. The van der Waals surface area contributed by atoms with Crippen LogP contribution in [0, 0.1) is 25.2 Å². The van der Waals surface area contributed by atoms with Gasteiger partial charge in [0.2, 0.25) is 15.7 Å². The lowest BCUT2D eigenvalue weighted by molar-refractivity contribution is 0.124. The number of nitrogens with zero attached hydrogens (tertiary/aromatic N) is 6. The van der Waals surface area contributed by atoms with Gasteiger partial charge in [-0.25, -0.2) is 18.4 Å². The molecule has 3 heterocycles. The number of hydrogen-bond donors (Lipinski definition) is 0. The third-order valence-electron chi connectivity index (χ3n) is 4.60. The molecule has 0 unspecified atom stereocenters. The first kappa shape index (κ1) is 19.3. The van der Waals surface area contributed by atoms with Crippen molar-refractivity contribution in [1.29, 1.82) is 5.26 Å². The first-order chi connectivity index (χ1) is 12.9. The molecule has 0 radical (unpaired) electrons. The summed E-state index contributed by atoms with van der Waals surface area (Å²) >= 11 is 0. The van der Waals surface area contributed by atoms with E-state index in [1.165, 1.54) is 16.7 Å². The van der Waals surface area contributed by atoms with Crippen molar-refractivity contribution in [2.45, 2.75) is 51.2 Å². The Balaban J connectivity index is 1.84. The normalized spacial score (nSPS) is 18.2. The van der Waals surface area contributed by atoms with E-state index in [1.807, 2.05) is 13.0 Å². The van der Waals surface area contributed by atoms with Crippen LogP contribution in [0.5, 0.6) is 5.88 Å². The molecule has 3 rings (SSSR count). The van der Waals surface area contributed by atoms with Crippen LogP contribution in [-0.4, -0.2) is 51.7 Å². The fraction of sp³-hybridized carbons (Fsp3) is 0.529. The number of piperidine rings is 1. The van der Waals surface area contributed by atoms with Crippen LogP contribution in [0.3, 0.4) is 0 Å². The predicted molar refractivity (Wildman–Crippen MR) is 96.5 cm³/mol. The number of ether oxygens (including phenoxy) is 1. The second-order valence-corrected chi connectivity index (χ2v) is 8.26. The molecule has 0 aromatic carbocycles. The molecule has 144 valence electrons. The Hall–Kier alpha value is -2.51. The Labute approximate surface area is 158 Å². The van der Waals surface area contributed by atoms with Crippen LogP contribution in [0.25, 0.3) is 0 Å². The first-order valence-electron chi connectivity index (χ1n) is 8.80. The summed E-state index contributed by atoms with van der Waals surface area (Å²) in [4.78, 5) is 8.23. The minimum atomic E-state index is -3.68. The maximum Gasteiger partial charge on any atom is 0.251 e. The molecular formula is C17H22N6O3S. The van der Waals surface area contributed by atoms with Gasteiger partial charge in [0.25, 0.3) is 5.88 Å². The van der Waals surface area contributed by atoms with Gasteiger partial charge < -0.3 is 4.74 Å². The van der Waals surface area contributed by atoms with Crippen molar-refractivity contribution in [3.63, 3.8) is 0 Å². The van der Waals surface area contributed by atoms with Crippen LogP contribution in [0.4, 0.5) is 0 Å². The molecule has 0 N–H and O–H groups in total. The van der Waals surface area contributed by atoms with Crippen molar-refractivity contribution < 1.29 is 13.2 Å². The van der Waals surface area contributed by atoms with Crippen molar-refractivity contribution in [2.75, 3.05) is 13.1 Å². The number of sulfonamides is 1. The van der Waals surface area contributed by atoms with E-state index in [2.05, 4.69) is 15.1 Å². The first-order valence-corrected chi connectivity index (χ1v) is 10.2. The smallest absolute Gasteiger partial charge is 0.251 e. The number of hydrogen-bond acceptors (Lipinski definition) is 7. The molecule has 27 heavy (non-hydrogen) atoms. The Morgan fingerprint density at radius 3 is 2.74 bits per heavy atom. The van der Waals surface area contributed by atoms with E-state index in [0.29, 0.717) is 37.3 Å². The molecule has 1 fully saturated rings. The van der Waals surface area contributed by atoms with Gasteiger partial charge in [-0.05, 0) is 33.6 Å². The average molecular weight is 390 g/mol. The fourth-order valence-electron chi connectivity index (χ4n) is 3.36. The van der Waals surface area contributed by atoms with Gasteiger partial charge in [-0.3, -0.25) is 4.68 Å². The lowest BCUT2D eigenvalue weighted by Crippen LogP contribution is -2.44. The molecule has 9 nitrogen and oxygen atoms in total. The highest BCUT2D eigenvalue weighted by atomic mass is 32.2. The van der Waals surface area contributed by atoms with Gasteiger partial charge in [-0.15, -0.1) is 0 Å². The SMILES string of the molecule is CCn1nc(C)c(S(=O)(=O)N2CCC[C@@H](Oc3nccnc3C#N)C2)c1C. The lowest BCUT2D eigenvalue weighted by Gasteiger charge is -2.31. The monoisotopic (exact) mass is 390 g/mol. The molecule has 0 aliphatic carbocycles. The summed E-state index contributed by atoms with van der Waals surface area (Å²) in [7, 11) is -3.68. The van der Waals surface area contributed by atoms with Crippen molar-refractivity contribution in [3.05, 3.63) is 29.5 Å². The minimum Gasteiger partial charge on any atom is -0.471 e. The summed E-state index contributed by atoms with van der Waals surface area (Å²) < 4.78 is 35.4. The quantitative estimate of drug-likeness (QED) is 0.758. The molecule has 10 heteroatoms. The van der Waals surface area contributed by atoms with E-state index in [9.17, 15) is 8.42 Å². The molecule has 1 saturated heterocycles. The molecule has 1 aliphatic rings. The maximum absolute atomic E-state index is 13.2. The van der Waals surface area contributed by atoms with E-state index in [4.69, 9.17) is 10.00 Å². The number of aromatic nitrogens is 4. The van der Waals surface area contributed by atoms with Gasteiger partial charge in [0.15, 0.2) is 0 Å². The summed E-state index contributed by atoms with van der Waals surface area (Å²) in [5.41, 5.74) is 1.23. The highest BCUT2D eigenvalue weighted by Crippen LogP contribution is 2.27. The van der Waals surface area contributed by atoms with E-state index in [0.717, 1.165) is 0 Å². The summed E-state index contributed by atoms with van der Waals surface area (Å²) in [6, 6.07) is 1.94. The van der Waals surface area contributed by atoms with Crippen molar-refractivity contribution in [3.8, 4) is 11.9 Å². The second kappa shape index (κ2) is 7.62. The second-order valence-electron chi connectivity index (χ2n) is 6.38. The highest BCUT2D eigenvalue weighted by molar-refractivity contribution is 7.89. The largest absolute Gasteiger partial charge is 0.471 e. The Bertz CT molecular complexity index is 979. The summed E-state index contributed by atoms with van der Waals surface area (Å²) in [6.45, 7) is 6.63. The van der Waals surface area contributed by atoms with Gasteiger partial charge in [0.05, 0.1) is 17.9 Å². The topological polar surface area (TPSA) is 114 Å². The average Bonchev–Trinajstić information content (AvgIpc) is 2.96. The van der Waals surface area contributed by atoms with Gasteiger partial charge in [-0.1, -0.05) is 0 Å². The third kappa shape index (κ3) is 3.65. The number of rotatable bonds is 5. The van der Waals surface area contributed by atoms with Crippen LogP contribution in [-0.2, 0) is 16.6 Å². The van der Waals surface area contributed by atoms with Gasteiger partial charge >= 0.3 is 0 Å². The summed E-state index contributed by atoms with van der Waals surface area (Å²) in [6.07, 6.45) is 3.81.